The number of rotatable bonds is 5. The van der Waals surface area contributed by atoms with Gasteiger partial charge in [-0.2, -0.15) is 0 Å². The highest BCUT2D eigenvalue weighted by Crippen LogP contribution is 2.24. The Morgan fingerprint density at radius 3 is 3.29 bits per heavy atom. The molecule has 1 fully saturated rings. The molecule has 17 heavy (non-hydrogen) atoms. The van der Waals surface area contributed by atoms with Crippen LogP contribution in [0, 0.1) is 0 Å². The van der Waals surface area contributed by atoms with Crippen molar-refractivity contribution in [1.82, 2.24) is 10.3 Å². The quantitative estimate of drug-likeness (QED) is 0.815. The number of morpholine rings is 1. The fraction of sp³-hybridized carbons (Fsp3) is 0.750. The SMILES string of the molecule is CCCNCc1cnc(N2CCOC(C)C2)s1. The summed E-state index contributed by atoms with van der Waals surface area (Å²) in [5.41, 5.74) is 0. The first-order valence-corrected chi connectivity index (χ1v) is 7.13. The second-order valence-corrected chi connectivity index (χ2v) is 5.51. The highest BCUT2D eigenvalue weighted by molar-refractivity contribution is 7.15. The Balaban J connectivity index is 1.88. The van der Waals surface area contributed by atoms with Crippen LogP contribution in [-0.2, 0) is 11.3 Å². The van der Waals surface area contributed by atoms with Gasteiger partial charge in [0.25, 0.3) is 0 Å². The monoisotopic (exact) mass is 255 g/mol. The van der Waals surface area contributed by atoms with Gasteiger partial charge in [-0.3, -0.25) is 0 Å². The van der Waals surface area contributed by atoms with E-state index in [9.17, 15) is 0 Å². The summed E-state index contributed by atoms with van der Waals surface area (Å²) in [5, 5.41) is 4.54. The van der Waals surface area contributed by atoms with E-state index in [4.69, 9.17) is 4.74 Å². The van der Waals surface area contributed by atoms with Gasteiger partial charge in [0.05, 0.1) is 12.7 Å². The van der Waals surface area contributed by atoms with E-state index < -0.39 is 0 Å². The number of hydrogen-bond donors (Lipinski definition) is 1. The van der Waals surface area contributed by atoms with Gasteiger partial charge in [0.15, 0.2) is 5.13 Å². The van der Waals surface area contributed by atoms with Gasteiger partial charge in [0.1, 0.15) is 0 Å². The third kappa shape index (κ3) is 3.66. The lowest BCUT2D eigenvalue weighted by molar-refractivity contribution is 0.0532. The van der Waals surface area contributed by atoms with Crippen molar-refractivity contribution in [2.45, 2.75) is 32.9 Å². The molecule has 96 valence electrons. The molecule has 0 spiro atoms. The number of anilines is 1. The maximum Gasteiger partial charge on any atom is 0.185 e. The third-order valence-corrected chi connectivity index (χ3v) is 3.84. The summed E-state index contributed by atoms with van der Waals surface area (Å²) in [7, 11) is 0. The van der Waals surface area contributed by atoms with Gasteiger partial charge in [0.2, 0.25) is 0 Å². The minimum absolute atomic E-state index is 0.314. The molecule has 0 aromatic carbocycles. The highest BCUT2D eigenvalue weighted by Gasteiger charge is 2.19. The first kappa shape index (κ1) is 12.8. The van der Waals surface area contributed by atoms with E-state index in [-0.39, 0.29) is 0 Å². The van der Waals surface area contributed by atoms with Gasteiger partial charge in [0, 0.05) is 30.7 Å². The summed E-state index contributed by atoms with van der Waals surface area (Å²) in [5.74, 6) is 0. The van der Waals surface area contributed by atoms with Crippen LogP contribution in [0.2, 0.25) is 0 Å². The lowest BCUT2D eigenvalue weighted by Crippen LogP contribution is -2.41. The molecule has 5 heteroatoms. The molecule has 1 saturated heterocycles. The number of hydrogen-bond acceptors (Lipinski definition) is 5. The van der Waals surface area contributed by atoms with E-state index >= 15 is 0 Å². The van der Waals surface area contributed by atoms with Gasteiger partial charge >= 0.3 is 0 Å². The van der Waals surface area contributed by atoms with Gasteiger partial charge in [-0.05, 0) is 19.9 Å². The first-order chi connectivity index (χ1) is 8.29. The van der Waals surface area contributed by atoms with E-state index in [0.717, 1.165) is 37.9 Å². The largest absolute Gasteiger partial charge is 0.375 e. The van der Waals surface area contributed by atoms with Crippen LogP contribution in [0.15, 0.2) is 6.20 Å². The van der Waals surface area contributed by atoms with Crippen molar-refractivity contribution in [3.05, 3.63) is 11.1 Å². The fourth-order valence-electron chi connectivity index (χ4n) is 1.91. The summed E-state index contributed by atoms with van der Waals surface area (Å²) in [6.07, 6.45) is 3.48. The van der Waals surface area contributed by atoms with Crippen LogP contribution in [0.1, 0.15) is 25.1 Å². The zero-order chi connectivity index (χ0) is 12.1. The first-order valence-electron chi connectivity index (χ1n) is 6.31. The Hall–Kier alpha value is -0.650. The molecule has 0 radical (unpaired) electrons. The molecule has 4 nitrogen and oxygen atoms in total. The van der Waals surface area contributed by atoms with Crippen LogP contribution in [0.4, 0.5) is 5.13 Å². The second kappa shape index (κ2) is 6.33. The van der Waals surface area contributed by atoms with Crippen molar-refractivity contribution in [3.8, 4) is 0 Å². The van der Waals surface area contributed by atoms with Crippen LogP contribution in [0.5, 0.6) is 0 Å². The fourth-order valence-corrected chi connectivity index (χ4v) is 2.82. The molecule has 0 saturated carbocycles. The summed E-state index contributed by atoms with van der Waals surface area (Å²) < 4.78 is 5.54. The number of nitrogens with zero attached hydrogens (tertiary/aromatic N) is 2. The van der Waals surface area contributed by atoms with Crippen molar-refractivity contribution in [3.63, 3.8) is 0 Å². The Bertz CT molecular complexity index is 342. The minimum Gasteiger partial charge on any atom is -0.375 e. The number of aromatic nitrogens is 1. The molecule has 0 aliphatic carbocycles. The molecule has 2 heterocycles. The van der Waals surface area contributed by atoms with E-state index in [1.165, 1.54) is 11.3 Å². The van der Waals surface area contributed by atoms with Crippen molar-refractivity contribution in [2.75, 3.05) is 31.1 Å². The Labute approximate surface area is 107 Å². The van der Waals surface area contributed by atoms with Crippen LogP contribution >= 0.6 is 11.3 Å². The maximum atomic E-state index is 5.54. The Morgan fingerprint density at radius 2 is 2.53 bits per heavy atom. The summed E-state index contributed by atoms with van der Waals surface area (Å²) in [4.78, 5) is 8.14. The minimum atomic E-state index is 0.314. The molecule has 0 amide bonds. The van der Waals surface area contributed by atoms with Crippen LogP contribution in [0.3, 0.4) is 0 Å². The number of thiazole rings is 1. The zero-order valence-electron chi connectivity index (χ0n) is 10.6. The molecule has 1 unspecified atom stereocenters. The van der Waals surface area contributed by atoms with Crippen molar-refractivity contribution in [1.29, 1.82) is 0 Å². The molecular formula is C12H21N3OS. The van der Waals surface area contributed by atoms with Gasteiger partial charge < -0.3 is 15.0 Å². The van der Waals surface area contributed by atoms with Gasteiger partial charge in [-0.15, -0.1) is 11.3 Å². The van der Waals surface area contributed by atoms with Crippen molar-refractivity contribution in [2.24, 2.45) is 0 Å². The van der Waals surface area contributed by atoms with Crippen LogP contribution in [0.25, 0.3) is 0 Å². The predicted molar refractivity (Wildman–Crippen MR) is 71.7 cm³/mol. The van der Waals surface area contributed by atoms with E-state index in [2.05, 4.69) is 29.0 Å². The highest BCUT2D eigenvalue weighted by atomic mass is 32.1. The predicted octanol–water partition coefficient (Wildman–Crippen LogP) is 1.87. The maximum absolute atomic E-state index is 5.54. The van der Waals surface area contributed by atoms with Gasteiger partial charge in [-0.1, -0.05) is 6.92 Å². The lowest BCUT2D eigenvalue weighted by atomic mass is 10.3. The molecule has 0 bridgehead atoms. The van der Waals surface area contributed by atoms with E-state index in [1.807, 2.05) is 6.20 Å². The normalized spacial score (nSPS) is 20.8. The summed E-state index contributed by atoms with van der Waals surface area (Å²) in [6.45, 7) is 9.02. The third-order valence-electron chi connectivity index (χ3n) is 2.78. The van der Waals surface area contributed by atoms with Gasteiger partial charge in [-0.25, -0.2) is 4.98 Å². The molecule has 1 aromatic heterocycles. The average Bonchev–Trinajstić information content (AvgIpc) is 2.78. The smallest absolute Gasteiger partial charge is 0.185 e. The van der Waals surface area contributed by atoms with Crippen LogP contribution < -0.4 is 10.2 Å². The number of ether oxygens (including phenoxy) is 1. The zero-order valence-corrected chi connectivity index (χ0v) is 11.4. The average molecular weight is 255 g/mol. The molecule has 1 N–H and O–H groups in total. The van der Waals surface area contributed by atoms with Crippen molar-refractivity contribution >= 4 is 16.5 Å². The van der Waals surface area contributed by atoms with E-state index in [1.54, 1.807) is 11.3 Å². The van der Waals surface area contributed by atoms with E-state index in [0.29, 0.717) is 6.10 Å². The standard InChI is InChI=1S/C12H21N3OS/c1-3-4-13-7-11-8-14-12(17-11)15-5-6-16-10(2)9-15/h8,10,13H,3-7,9H2,1-2H3. The Kier molecular flexibility index (Phi) is 4.76. The lowest BCUT2D eigenvalue weighted by Gasteiger charge is -2.30. The molecular weight excluding hydrogens is 234 g/mol. The van der Waals surface area contributed by atoms with Crippen molar-refractivity contribution < 1.29 is 4.74 Å². The number of nitrogens with one attached hydrogen (secondary N) is 1. The molecule has 2 rings (SSSR count). The topological polar surface area (TPSA) is 37.4 Å². The summed E-state index contributed by atoms with van der Waals surface area (Å²) >= 11 is 1.79. The van der Waals surface area contributed by atoms with Crippen LogP contribution in [-0.4, -0.2) is 37.3 Å². The summed E-state index contributed by atoms with van der Waals surface area (Å²) in [6, 6.07) is 0. The Morgan fingerprint density at radius 1 is 1.65 bits per heavy atom. The molecule has 1 aliphatic heterocycles. The second-order valence-electron chi connectivity index (χ2n) is 4.41. The molecule has 1 aromatic rings. The molecule has 1 atom stereocenters. The molecule has 1 aliphatic rings.